The third-order valence-corrected chi connectivity index (χ3v) is 8.03. The van der Waals surface area contributed by atoms with Crippen LogP contribution < -0.4 is 0 Å². The number of aryl methyl sites for hydroxylation is 2. The van der Waals surface area contributed by atoms with Gasteiger partial charge in [0.15, 0.2) is 0 Å². The molecule has 1 heterocycles. The van der Waals surface area contributed by atoms with Crippen LogP contribution in [-0.2, 0) is 37.2 Å². The minimum atomic E-state index is -3.53. The third-order valence-electron chi connectivity index (χ3n) is 5.21. The van der Waals surface area contributed by atoms with Crippen LogP contribution in [0, 0.1) is 0 Å². The Morgan fingerprint density at radius 1 is 1.11 bits per heavy atom. The summed E-state index contributed by atoms with van der Waals surface area (Å²) in [5.74, 6) is 0.466. The van der Waals surface area contributed by atoms with Gasteiger partial charge in [-0.15, -0.1) is 11.8 Å². The number of fused-ring (bicyclic) bond motifs is 1. The molecule has 9 heteroatoms. The lowest BCUT2D eigenvalue weighted by Gasteiger charge is -2.34. The fourth-order valence-corrected chi connectivity index (χ4v) is 5.79. The van der Waals surface area contributed by atoms with E-state index >= 15 is 0 Å². The average molecular weight is 427 g/mol. The number of hydrogen-bond acceptors (Lipinski definition) is 6. The molecule has 0 N–H and O–H groups in total. The zero-order valence-corrected chi connectivity index (χ0v) is 17.7. The Kier molecular flexibility index (Phi) is 7.00. The van der Waals surface area contributed by atoms with E-state index in [4.69, 9.17) is 0 Å². The van der Waals surface area contributed by atoms with E-state index < -0.39 is 10.0 Å². The zero-order chi connectivity index (χ0) is 20.1. The average Bonchev–Trinajstić information content (AvgIpc) is 3.18. The number of hydrogen-bond donors (Lipinski definition) is 0. The van der Waals surface area contributed by atoms with Crippen LogP contribution in [-0.4, -0.2) is 74.3 Å². The third kappa shape index (κ3) is 4.87. The predicted molar refractivity (Wildman–Crippen MR) is 108 cm³/mol. The van der Waals surface area contributed by atoms with Crippen molar-refractivity contribution >= 4 is 33.7 Å². The molecule has 1 aromatic carbocycles. The van der Waals surface area contributed by atoms with Gasteiger partial charge in [-0.25, -0.2) is 8.42 Å². The van der Waals surface area contributed by atoms with Crippen LogP contribution in [0.5, 0.6) is 0 Å². The van der Waals surface area contributed by atoms with Gasteiger partial charge in [-0.05, 0) is 42.5 Å². The number of ether oxygens (including phenoxy) is 1. The van der Waals surface area contributed by atoms with Crippen LogP contribution in [0.1, 0.15) is 24.0 Å². The second-order valence-electron chi connectivity index (χ2n) is 6.95. The number of methoxy groups -OCH3 is 1. The largest absolute Gasteiger partial charge is 0.468 e. The van der Waals surface area contributed by atoms with Crippen molar-refractivity contribution in [2.45, 2.75) is 30.6 Å². The number of piperazine rings is 1. The van der Waals surface area contributed by atoms with Crippen molar-refractivity contribution in [3.05, 3.63) is 29.3 Å². The van der Waals surface area contributed by atoms with Crippen molar-refractivity contribution in [1.29, 1.82) is 0 Å². The van der Waals surface area contributed by atoms with E-state index in [2.05, 4.69) is 4.74 Å². The molecule has 0 spiro atoms. The van der Waals surface area contributed by atoms with Gasteiger partial charge in [0.05, 0.1) is 17.8 Å². The summed E-state index contributed by atoms with van der Waals surface area (Å²) in [6.07, 6.45) is 3.38. The van der Waals surface area contributed by atoms with Crippen LogP contribution in [0.25, 0.3) is 0 Å². The first-order valence-electron chi connectivity index (χ1n) is 9.46. The predicted octanol–water partition coefficient (Wildman–Crippen LogP) is 1.30. The summed E-state index contributed by atoms with van der Waals surface area (Å²) in [6.45, 7) is 1.40. The molecule has 1 aliphatic heterocycles. The Morgan fingerprint density at radius 3 is 2.54 bits per heavy atom. The second kappa shape index (κ2) is 9.28. The van der Waals surface area contributed by atoms with Crippen molar-refractivity contribution in [3.8, 4) is 0 Å². The van der Waals surface area contributed by atoms with Crippen molar-refractivity contribution in [2.24, 2.45) is 0 Å². The number of rotatable bonds is 7. The molecule has 0 bridgehead atoms. The first-order chi connectivity index (χ1) is 13.4. The molecule has 154 valence electrons. The molecule has 1 aromatic rings. The van der Waals surface area contributed by atoms with Crippen molar-refractivity contribution in [1.82, 2.24) is 9.21 Å². The van der Waals surface area contributed by atoms with Gasteiger partial charge in [-0.1, -0.05) is 6.07 Å². The highest BCUT2D eigenvalue weighted by Crippen LogP contribution is 2.26. The Labute approximate surface area is 170 Å². The Balaban J connectivity index is 1.50. The fraction of sp³-hybridized carbons (Fsp3) is 0.579. The van der Waals surface area contributed by atoms with Crippen molar-refractivity contribution < 1.29 is 22.7 Å². The van der Waals surface area contributed by atoms with Gasteiger partial charge in [-0.3, -0.25) is 9.59 Å². The molecule has 1 aliphatic carbocycles. The quantitative estimate of drug-likeness (QED) is 0.483. The van der Waals surface area contributed by atoms with Crippen LogP contribution >= 0.6 is 11.8 Å². The highest BCUT2D eigenvalue weighted by atomic mass is 32.2. The Hall–Kier alpha value is -1.58. The molecule has 3 rings (SSSR count). The summed E-state index contributed by atoms with van der Waals surface area (Å²) in [6, 6.07) is 5.45. The first-order valence-corrected chi connectivity index (χ1v) is 12.1. The van der Waals surface area contributed by atoms with Crippen LogP contribution in [0.3, 0.4) is 0 Å². The maximum absolute atomic E-state index is 12.9. The van der Waals surface area contributed by atoms with Gasteiger partial charge in [0.25, 0.3) is 0 Å². The molecule has 0 unspecified atom stereocenters. The first kappa shape index (κ1) is 21.1. The zero-order valence-electron chi connectivity index (χ0n) is 16.1. The van der Waals surface area contributed by atoms with Crippen molar-refractivity contribution in [3.63, 3.8) is 0 Å². The lowest BCUT2D eigenvalue weighted by molar-refractivity contribution is -0.137. The second-order valence-corrected chi connectivity index (χ2v) is 9.99. The van der Waals surface area contributed by atoms with Gasteiger partial charge in [0.1, 0.15) is 0 Å². The monoisotopic (exact) mass is 426 g/mol. The Bertz CT molecular complexity index is 833. The molecule has 1 amide bonds. The SMILES string of the molecule is COC(=O)CSCCC(=O)N1CCN(S(=O)(=O)c2ccc3c(c2)CCC3)CC1. The molecular formula is C19H26N2O5S2. The molecule has 0 radical (unpaired) electrons. The molecule has 7 nitrogen and oxygen atoms in total. The van der Waals surface area contributed by atoms with E-state index in [1.807, 2.05) is 12.1 Å². The van der Waals surface area contributed by atoms with Gasteiger partial charge >= 0.3 is 5.97 Å². The summed E-state index contributed by atoms with van der Waals surface area (Å²) in [5.41, 5.74) is 2.39. The smallest absolute Gasteiger partial charge is 0.315 e. The molecule has 2 aliphatic rings. The number of benzene rings is 1. The topological polar surface area (TPSA) is 84.0 Å². The number of carbonyl (C=O) groups is 2. The van der Waals surface area contributed by atoms with Crippen molar-refractivity contribution in [2.75, 3.05) is 44.8 Å². The van der Waals surface area contributed by atoms with Crippen LogP contribution in [0.2, 0.25) is 0 Å². The number of carbonyl (C=O) groups excluding carboxylic acids is 2. The van der Waals surface area contributed by atoms with Crippen LogP contribution in [0.4, 0.5) is 0 Å². The van der Waals surface area contributed by atoms with E-state index in [0.717, 1.165) is 24.8 Å². The van der Waals surface area contributed by atoms with E-state index in [1.165, 1.54) is 28.7 Å². The summed E-state index contributed by atoms with van der Waals surface area (Å²) in [7, 11) is -2.19. The molecule has 0 saturated carbocycles. The molecule has 0 atom stereocenters. The molecule has 28 heavy (non-hydrogen) atoms. The number of amides is 1. The molecule has 1 fully saturated rings. The normalized spacial score (nSPS) is 17.4. The van der Waals surface area contributed by atoms with Gasteiger partial charge < -0.3 is 9.64 Å². The minimum absolute atomic E-state index is 0.00746. The lowest BCUT2D eigenvalue weighted by Crippen LogP contribution is -2.50. The summed E-state index contributed by atoms with van der Waals surface area (Å²) in [4.78, 5) is 25.4. The van der Waals surface area contributed by atoms with E-state index in [9.17, 15) is 18.0 Å². The van der Waals surface area contributed by atoms with Gasteiger partial charge in [0, 0.05) is 38.4 Å². The minimum Gasteiger partial charge on any atom is -0.468 e. The fourth-order valence-electron chi connectivity index (χ4n) is 3.57. The van der Waals surface area contributed by atoms with E-state index in [-0.39, 0.29) is 17.6 Å². The van der Waals surface area contributed by atoms with E-state index in [0.29, 0.717) is 43.2 Å². The van der Waals surface area contributed by atoms with Gasteiger partial charge in [0.2, 0.25) is 15.9 Å². The van der Waals surface area contributed by atoms with Crippen LogP contribution in [0.15, 0.2) is 23.1 Å². The number of thioether (sulfide) groups is 1. The highest BCUT2D eigenvalue weighted by molar-refractivity contribution is 7.99. The van der Waals surface area contributed by atoms with Gasteiger partial charge in [-0.2, -0.15) is 4.31 Å². The molecular weight excluding hydrogens is 400 g/mol. The lowest BCUT2D eigenvalue weighted by atomic mass is 10.1. The molecule has 1 saturated heterocycles. The highest BCUT2D eigenvalue weighted by Gasteiger charge is 2.30. The van der Waals surface area contributed by atoms with E-state index in [1.54, 1.807) is 11.0 Å². The summed E-state index contributed by atoms with van der Waals surface area (Å²) < 4.78 is 31.9. The summed E-state index contributed by atoms with van der Waals surface area (Å²) >= 11 is 1.36. The number of sulfonamides is 1. The molecule has 0 aromatic heterocycles. The number of esters is 1. The maximum atomic E-state index is 12.9. The maximum Gasteiger partial charge on any atom is 0.315 e. The Morgan fingerprint density at radius 2 is 1.82 bits per heavy atom. The summed E-state index contributed by atoms with van der Waals surface area (Å²) in [5, 5.41) is 0. The standard InChI is InChI=1S/C19H26N2O5S2/c1-26-19(23)14-27-12-7-18(22)20-8-10-21(11-9-20)28(24,25)17-6-5-15-3-2-4-16(15)13-17/h5-6,13H,2-4,7-12,14H2,1H3. The number of nitrogens with zero attached hydrogens (tertiary/aromatic N) is 2.